The zero-order valence-electron chi connectivity index (χ0n) is 17.8. The molecule has 5 heterocycles. The van der Waals surface area contributed by atoms with Crippen LogP contribution in [-0.2, 0) is 13.1 Å². The minimum absolute atomic E-state index is 0.734. The van der Waals surface area contributed by atoms with Crippen molar-refractivity contribution in [2.75, 3.05) is 0 Å². The molecular formula is C26H21N7. The van der Waals surface area contributed by atoms with Crippen LogP contribution in [0.3, 0.4) is 0 Å². The monoisotopic (exact) mass is 431 g/mol. The molecule has 160 valence electrons. The topological polar surface area (TPSA) is 95.2 Å². The van der Waals surface area contributed by atoms with Gasteiger partial charge in [-0.3, -0.25) is 20.1 Å². The molecule has 0 spiro atoms. The van der Waals surface area contributed by atoms with Gasteiger partial charge < -0.3 is 10.3 Å². The van der Waals surface area contributed by atoms with Gasteiger partial charge >= 0.3 is 0 Å². The molecule has 0 saturated carbocycles. The van der Waals surface area contributed by atoms with Gasteiger partial charge in [-0.2, -0.15) is 5.10 Å². The number of pyridine rings is 3. The van der Waals surface area contributed by atoms with Crippen molar-refractivity contribution >= 4 is 21.8 Å². The van der Waals surface area contributed by atoms with E-state index < -0.39 is 0 Å². The quantitative estimate of drug-likeness (QED) is 0.350. The third-order valence-corrected chi connectivity index (χ3v) is 5.72. The number of hydrogen-bond donors (Lipinski definition) is 3. The summed E-state index contributed by atoms with van der Waals surface area (Å²) in [6.07, 6.45) is 9.19. The molecule has 0 aliphatic rings. The summed E-state index contributed by atoms with van der Waals surface area (Å²) in [7, 11) is 0. The van der Waals surface area contributed by atoms with Crippen molar-refractivity contribution in [2.45, 2.75) is 13.1 Å². The predicted molar refractivity (Wildman–Crippen MR) is 129 cm³/mol. The van der Waals surface area contributed by atoms with E-state index >= 15 is 0 Å². The molecule has 0 unspecified atom stereocenters. The van der Waals surface area contributed by atoms with E-state index in [-0.39, 0.29) is 0 Å². The molecule has 0 fully saturated rings. The SMILES string of the molecule is c1ccc(CNCc2cncc(-c3cc4c(-c5cc6cnccc6[nH]5)n[nH]c4cn3)c2)cc1. The molecule has 7 heteroatoms. The smallest absolute Gasteiger partial charge is 0.116 e. The summed E-state index contributed by atoms with van der Waals surface area (Å²) < 4.78 is 0. The predicted octanol–water partition coefficient (Wildman–Crippen LogP) is 4.85. The van der Waals surface area contributed by atoms with E-state index in [2.05, 4.69) is 77.9 Å². The molecule has 7 nitrogen and oxygen atoms in total. The average Bonchev–Trinajstić information content (AvgIpc) is 3.48. The zero-order chi connectivity index (χ0) is 22.0. The normalized spacial score (nSPS) is 11.4. The summed E-state index contributed by atoms with van der Waals surface area (Å²) in [5.74, 6) is 0. The van der Waals surface area contributed by atoms with E-state index in [9.17, 15) is 0 Å². The molecule has 6 rings (SSSR count). The minimum Gasteiger partial charge on any atom is -0.353 e. The molecule has 0 atom stereocenters. The van der Waals surface area contributed by atoms with E-state index in [1.807, 2.05) is 36.9 Å². The Hall–Kier alpha value is -4.36. The highest BCUT2D eigenvalue weighted by atomic mass is 15.1. The van der Waals surface area contributed by atoms with Gasteiger partial charge in [0.2, 0.25) is 0 Å². The van der Waals surface area contributed by atoms with Crippen molar-refractivity contribution in [3.63, 3.8) is 0 Å². The summed E-state index contributed by atoms with van der Waals surface area (Å²) in [5.41, 5.74) is 7.93. The number of nitrogens with zero attached hydrogens (tertiary/aromatic N) is 4. The standard InChI is InChI=1S/C26H21N7/c1-2-4-17(5-3-1)11-28-12-18-8-19(15-29-13-18)23-10-21-25(16-30-23)32-33-26(21)24-9-20-14-27-7-6-22(20)31-24/h1-10,13-16,28,31H,11-12H2,(H,32,33). The minimum atomic E-state index is 0.734. The van der Waals surface area contributed by atoms with Gasteiger partial charge in [0, 0.05) is 59.7 Å². The Morgan fingerprint density at radius 1 is 0.788 bits per heavy atom. The molecule has 0 aliphatic heterocycles. The number of benzene rings is 1. The molecule has 0 aliphatic carbocycles. The van der Waals surface area contributed by atoms with Gasteiger partial charge in [-0.15, -0.1) is 0 Å². The summed E-state index contributed by atoms with van der Waals surface area (Å²) >= 11 is 0. The van der Waals surface area contributed by atoms with Crippen LogP contribution in [0.1, 0.15) is 11.1 Å². The first-order valence-corrected chi connectivity index (χ1v) is 10.8. The second-order valence-electron chi connectivity index (χ2n) is 8.00. The molecule has 33 heavy (non-hydrogen) atoms. The van der Waals surface area contributed by atoms with Crippen molar-refractivity contribution in [3.05, 3.63) is 96.7 Å². The van der Waals surface area contributed by atoms with Crippen LogP contribution in [0, 0.1) is 0 Å². The maximum absolute atomic E-state index is 4.64. The lowest BCUT2D eigenvalue weighted by Crippen LogP contribution is -2.12. The lowest BCUT2D eigenvalue weighted by Gasteiger charge is -2.07. The maximum Gasteiger partial charge on any atom is 0.116 e. The van der Waals surface area contributed by atoms with Crippen LogP contribution in [0.2, 0.25) is 0 Å². The summed E-state index contributed by atoms with van der Waals surface area (Å²) in [5, 5.41) is 13.2. The molecule has 0 radical (unpaired) electrons. The van der Waals surface area contributed by atoms with E-state index in [0.29, 0.717) is 0 Å². The highest BCUT2D eigenvalue weighted by molar-refractivity contribution is 5.96. The Bertz CT molecular complexity index is 1520. The highest BCUT2D eigenvalue weighted by Gasteiger charge is 2.13. The van der Waals surface area contributed by atoms with Crippen LogP contribution in [-0.4, -0.2) is 30.1 Å². The number of H-pyrrole nitrogens is 2. The third-order valence-electron chi connectivity index (χ3n) is 5.72. The van der Waals surface area contributed by atoms with E-state index in [1.165, 1.54) is 5.56 Å². The van der Waals surface area contributed by atoms with E-state index in [0.717, 1.165) is 63.1 Å². The van der Waals surface area contributed by atoms with Gasteiger partial charge in [-0.05, 0) is 35.4 Å². The number of aromatic amines is 2. The Morgan fingerprint density at radius 3 is 2.61 bits per heavy atom. The second kappa shape index (κ2) is 8.29. The van der Waals surface area contributed by atoms with Crippen LogP contribution < -0.4 is 5.32 Å². The van der Waals surface area contributed by atoms with Gasteiger partial charge in [-0.1, -0.05) is 30.3 Å². The molecule has 6 aromatic rings. The van der Waals surface area contributed by atoms with Crippen LogP contribution in [0.4, 0.5) is 0 Å². The summed E-state index contributed by atoms with van der Waals surface area (Å²) in [6, 6.07) is 18.6. The van der Waals surface area contributed by atoms with Gasteiger partial charge in [0.1, 0.15) is 5.69 Å². The fourth-order valence-electron chi connectivity index (χ4n) is 4.05. The molecule has 3 N–H and O–H groups in total. The number of hydrogen-bond acceptors (Lipinski definition) is 5. The Balaban J connectivity index is 1.28. The van der Waals surface area contributed by atoms with Crippen LogP contribution in [0.5, 0.6) is 0 Å². The van der Waals surface area contributed by atoms with Gasteiger partial charge in [0.15, 0.2) is 0 Å². The zero-order valence-corrected chi connectivity index (χ0v) is 17.8. The largest absolute Gasteiger partial charge is 0.353 e. The second-order valence-corrected chi connectivity index (χ2v) is 8.00. The Labute approximate surface area is 190 Å². The molecule has 0 saturated heterocycles. The first-order valence-electron chi connectivity index (χ1n) is 10.8. The molecule has 0 amide bonds. The van der Waals surface area contributed by atoms with Crippen molar-refractivity contribution in [2.24, 2.45) is 0 Å². The van der Waals surface area contributed by atoms with Crippen LogP contribution in [0.15, 0.2) is 85.6 Å². The lowest BCUT2D eigenvalue weighted by atomic mass is 10.1. The summed E-state index contributed by atoms with van der Waals surface area (Å²) in [4.78, 5) is 16.7. The van der Waals surface area contributed by atoms with Crippen molar-refractivity contribution in [3.8, 4) is 22.6 Å². The van der Waals surface area contributed by atoms with Gasteiger partial charge in [-0.25, -0.2) is 0 Å². The number of fused-ring (bicyclic) bond motifs is 2. The molecular weight excluding hydrogens is 410 g/mol. The fourth-order valence-corrected chi connectivity index (χ4v) is 4.05. The highest BCUT2D eigenvalue weighted by Crippen LogP contribution is 2.30. The third kappa shape index (κ3) is 3.86. The lowest BCUT2D eigenvalue weighted by molar-refractivity contribution is 0.691. The number of rotatable bonds is 6. The van der Waals surface area contributed by atoms with Crippen LogP contribution in [0.25, 0.3) is 44.5 Å². The van der Waals surface area contributed by atoms with Gasteiger partial charge in [0.25, 0.3) is 0 Å². The Kier molecular flexibility index (Phi) is 4.86. The van der Waals surface area contributed by atoms with Crippen molar-refractivity contribution < 1.29 is 0 Å². The summed E-state index contributed by atoms with van der Waals surface area (Å²) in [6.45, 7) is 1.55. The van der Waals surface area contributed by atoms with Crippen LogP contribution >= 0.6 is 0 Å². The average molecular weight is 432 g/mol. The Morgan fingerprint density at radius 2 is 1.70 bits per heavy atom. The first-order chi connectivity index (χ1) is 16.3. The van der Waals surface area contributed by atoms with E-state index in [4.69, 9.17) is 0 Å². The van der Waals surface area contributed by atoms with E-state index in [1.54, 1.807) is 6.20 Å². The molecule has 1 aromatic carbocycles. The first kappa shape index (κ1) is 19.3. The van der Waals surface area contributed by atoms with Crippen molar-refractivity contribution in [1.82, 2.24) is 35.5 Å². The number of nitrogens with one attached hydrogen (secondary N) is 3. The molecule has 5 aromatic heterocycles. The van der Waals surface area contributed by atoms with Gasteiger partial charge in [0.05, 0.1) is 23.1 Å². The number of aromatic nitrogens is 6. The van der Waals surface area contributed by atoms with Crippen molar-refractivity contribution in [1.29, 1.82) is 0 Å². The fraction of sp³-hybridized carbons (Fsp3) is 0.0769. The molecule has 0 bridgehead atoms. The maximum atomic E-state index is 4.64.